The molecule has 7 nitrogen and oxygen atoms in total. The van der Waals surface area contributed by atoms with Gasteiger partial charge in [-0.2, -0.15) is 0 Å². The molecule has 8 heteroatoms. The molecule has 0 radical (unpaired) electrons. The number of nitrogens with one attached hydrogen (secondary N) is 1. The van der Waals surface area contributed by atoms with Crippen LogP contribution in [-0.2, 0) is 0 Å². The lowest BCUT2D eigenvalue weighted by atomic mass is 10.3. The van der Waals surface area contributed by atoms with Crippen LogP contribution >= 0.6 is 11.5 Å². The zero-order chi connectivity index (χ0) is 13.1. The van der Waals surface area contributed by atoms with Gasteiger partial charge in [0.05, 0.1) is 23.8 Å². The van der Waals surface area contributed by atoms with Crippen molar-refractivity contribution >= 4 is 29.1 Å². The summed E-state index contributed by atoms with van der Waals surface area (Å²) in [5, 5.41) is 6.49. The largest absolute Gasteiger partial charge is 0.347 e. The van der Waals surface area contributed by atoms with Crippen molar-refractivity contribution in [3.8, 4) is 0 Å². The van der Waals surface area contributed by atoms with Crippen molar-refractivity contribution < 1.29 is 4.79 Å². The quantitative estimate of drug-likeness (QED) is 0.888. The number of rotatable bonds is 3. The lowest BCUT2D eigenvalue weighted by molar-refractivity contribution is 0.102. The van der Waals surface area contributed by atoms with Crippen LogP contribution in [0.5, 0.6) is 0 Å². The van der Waals surface area contributed by atoms with E-state index < -0.39 is 0 Å². The Morgan fingerprint density at radius 3 is 2.50 bits per heavy atom. The van der Waals surface area contributed by atoms with Crippen molar-refractivity contribution in [2.24, 2.45) is 0 Å². The minimum Gasteiger partial charge on any atom is -0.347 e. The summed E-state index contributed by atoms with van der Waals surface area (Å²) < 4.78 is 3.71. The standard InChI is InChI=1S/C10H12N6OS/c1-6-8(18-15-14-6)9(17)13-7-4-11-10(12-5-7)16(2)3/h4-5H,1-3H3,(H,13,17). The van der Waals surface area contributed by atoms with Crippen LogP contribution < -0.4 is 10.2 Å². The minimum atomic E-state index is -0.247. The summed E-state index contributed by atoms with van der Waals surface area (Å²) in [7, 11) is 3.69. The Bertz CT molecular complexity index is 550. The molecule has 2 rings (SSSR count). The first kappa shape index (κ1) is 12.4. The van der Waals surface area contributed by atoms with Crippen molar-refractivity contribution in [1.29, 1.82) is 0 Å². The highest BCUT2D eigenvalue weighted by Crippen LogP contribution is 2.13. The molecule has 0 saturated heterocycles. The van der Waals surface area contributed by atoms with Gasteiger partial charge in [-0.1, -0.05) is 4.49 Å². The molecule has 0 fully saturated rings. The third kappa shape index (κ3) is 2.59. The predicted molar refractivity (Wildman–Crippen MR) is 69.0 cm³/mol. The second kappa shape index (κ2) is 5.05. The number of nitrogens with zero attached hydrogens (tertiary/aromatic N) is 5. The zero-order valence-electron chi connectivity index (χ0n) is 10.2. The molecule has 2 heterocycles. The van der Waals surface area contributed by atoms with Crippen LogP contribution in [0.1, 0.15) is 15.4 Å². The minimum absolute atomic E-state index is 0.247. The van der Waals surface area contributed by atoms with Gasteiger partial charge in [-0.05, 0) is 18.5 Å². The maximum absolute atomic E-state index is 11.9. The van der Waals surface area contributed by atoms with E-state index >= 15 is 0 Å². The lowest BCUT2D eigenvalue weighted by Crippen LogP contribution is -2.15. The molecule has 0 aliphatic carbocycles. The molecule has 0 unspecified atom stereocenters. The Hall–Kier alpha value is -2.09. The van der Waals surface area contributed by atoms with E-state index in [-0.39, 0.29) is 5.91 Å². The van der Waals surface area contributed by atoms with E-state index in [2.05, 4.69) is 24.9 Å². The predicted octanol–water partition coefficient (Wildman–Crippen LogP) is 0.955. The van der Waals surface area contributed by atoms with Gasteiger partial charge < -0.3 is 10.2 Å². The third-order valence-corrected chi connectivity index (χ3v) is 2.98. The van der Waals surface area contributed by atoms with Crippen LogP contribution in [-0.4, -0.2) is 39.6 Å². The topological polar surface area (TPSA) is 83.9 Å². The summed E-state index contributed by atoms with van der Waals surface area (Å²) in [6.07, 6.45) is 3.12. The Kier molecular flexibility index (Phi) is 3.47. The number of aromatic nitrogens is 4. The van der Waals surface area contributed by atoms with Gasteiger partial charge in [0.2, 0.25) is 5.95 Å². The van der Waals surface area contributed by atoms with Crippen molar-refractivity contribution in [3.05, 3.63) is 23.0 Å². The second-order valence-corrected chi connectivity index (χ2v) is 4.56. The van der Waals surface area contributed by atoms with E-state index in [9.17, 15) is 4.79 Å². The van der Waals surface area contributed by atoms with E-state index in [1.807, 2.05) is 14.1 Å². The first-order valence-corrected chi connectivity index (χ1v) is 5.95. The SMILES string of the molecule is Cc1nnsc1C(=O)Nc1cnc(N(C)C)nc1. The molecule has 94 valence electrons. The van der Waals surface area contributed by atoms with Crippen LogP contribution in [0.4, 0.5) is 11.6 Å². The van der Waals surface area contributed by atoms with Crippen LogP contribution in [0.15, 0.2) is 12.4 Å². The number of anilines is 2. The van der Waals surface area contributed by atoms with Crippen LogP contribution in [0.2, 0.25) is 0 Å². The van der Waals surface area contributed by atoms with Crippen LogP contribution in [0.25, 0.3) is 0 Å². The summed E-state index contributed by atoms with van der Waals surface area (Å²) in [6, 6.07) is 0. The molecule has 2 aromatic heterocycles. The molecule has 0 aromatic carbocycles. The van der Waals surface area contributed by atoms with Gasteiger partial charge in [-0.3, -0.25) is 4.79 Å². The summed E-state index contributed by atoms with van der Waals surface area (Å²) in [5.74, 6) is 0.340. The molecule has 1 N–H and O–H groups in total. The fraction of sp³-hybridized carbons (Fsp3) is 0.300. The molecule has 0 aliphatic heterocycles. The van der Waals surface area contributed by atoms with E-state index in [1.165, 1.54) is 0 Å². The summed E-state index contributed by atoms with van der Waals surface area (Å²) in [5.41, 5.74) is 1.15. The second-order valence-electron chi connectivity index (χ2n) is 3.81. The van der Waals surface area contributed by atoms with E-state index in [4.69, 9.17) is 0 Å². The van der Waals surface area contributed by atoms with Gasteiger partial charge in [-0.15, -0.1) is 5.10 Å². The summed E-state index contributed by atoms with van der Waals surface area (Å²) in [4.78, 5) is 22.4. The highest BCUT2D eigenvalue weighted by atomic mass is 32.1. The summed E-state index contributed by atoms with van der Waals surface area (Å²) in [6.45, 7) is 1.74. The highest BCUT2D eigenvalue weighted by Gasteiger charge is 2.13. The van der Waals surface area contributed by atoms with Gasteiger partial charge in [0, 0.05) is 14.1 Å². The average Bonchev–Trinajstić information content (AvgIpc) is 2.76. The number of carbonyl (C=O) groups is 1. The van der Waals surface area contributed by atoms with E-state index in [1.54, 1.807) is 24.2 Å². The molecule has 0 spiro atoms. The highest BCUT2D eigenvalue weighted by molar-refractivity contribution is 7.08. The number of carbonyl (C=O) groups excluding carboxylic acids is 1. The van der Waals surface area contributed by atoms with Crippen molar-refractivity contribution in [2.75, 3.05) is 24.3 Å². The normalized spacial score (nSPS) is 10.2. The molecule has 0 aliphatic rings. The van der Waals surface area contributed by atoms with E-state index in [0.717, 1.165) is 11.5 Å². The van der Waals surface area contributed by atoms with Crippen molar-refractivity contribution in [2.45, 2.75) is 6.92 Å². The maximum Gasteiger partial charge on any atom is 0.269 e. The number of amides is 1. The smallest absolute Gasteiger partial charge is 0.269 e. The Labute approximate surface area is 108 Å². The number of hydrogen-bond donors (Lipinski definition) is 1. The first-order valence-electron chi connectivity index (χ1n) is 5.17. The van der Waals surface area contributed by atoms with Crippen LogP contribution in [0.3, 0.4) is 0 Å². The third-order valence-electron chi connectivity index (χ3n) is 2.15. The zero-order valence-corrected chi connectivity index (χ0v) is 11.0. The van der Waals surface area contributed by atoms with Gasteiger partial charge >= 0.3 is 0 Å². The summed E-state index contributed by atoms with van der Waals surface area (Å²) >= 11 is 1.06. The van der Waals surface area contributed by atoms with E-state index in [0.29, 0.717) is 22.2 Å². The molecule has 2 aromatic rings. The monoisotopic (exact) mass is 264 g/mol. The molecule has 0 atom stereocenters. The number of aryl methyl sites for hydroxylation is 1. The van der Waals surface area contributed by atoms with Gasteiger partial charge in [0.15, 0.2) is 0 Å². The average molecular weight is 264 g/mol. The molecular formula is C10H12N6OS. The van der Waals surface area contributed by atoms with Gasteiger partial charge in [0.25, 0.3) is 5.91 Å². The van der Waals surface area contributed by atoms with Crippen molar-refractivity contribution in [3.63, 3.8) is 0 Å². The Morgan fingerprint density at radius 1 is 1.33 bits per heavy atom. The van der Waals surface area contributed by atoms with Crippen molar-refractivity contribution in [1.82, 2.24) is 19.6 Å². The first-order chi connectivity index (χ1) is 8.58. The molecule has 1 amide bonds. The fourth-order valence-electron chi connectivity index (χ4n) is 1.24. The maximum atomic E-state index is 11.9. The van der Waals surface area contributed by atoms with Gasteiger partial charge in [-0.25, -0.2) is 9.97 Å². The fourth-order valence-corrected chi connectivity index (χ4v) is 1.80. The molecule has 18 heavy (non-hydrogen) atoms. The molecule has 0 saturated carbocycles. The molecule has 0 bridgehead atoms. The Morgan fingerprint density at radius 2 is 2.00 bits per heavy atom. The van der Waals surface area contributed by atoms with Gasteiger partial charge in [0.1, 0.15) is 4.88 Å². The Balaban J connectivity index is 2.10. The van der Waals surface area contributed by atoms with Crippen LogP contribution in [0, 0.1) is 6.92 Å². The number of hydrogen-bond acceptors (Lipinski definition) is 7. The molecular weight excluding hydrogens is 252 g/mol. The lowest BCUT2D eigenvalue weighted by Gasteiger charge is -2.09.